The standard InChI is InChI=1S/C17H22N2O3/c1-17(11-20)8-4-7-15(17)19-16(21)18-10-13-9-12-5-2-3-6-14(12)22-13/h2-3,5-6,9,15,20H,4,7-8,10-11H2,1H3,(H2,18,19,21). The van der Waals surface area contributed by atoms with Crippen LogP contribution in [0.1, 0.15) is 31.9 Å². The van der Waals surface area contributed by atoms with E-state index in [1.165, 1.54) is 0 Å². The van der Waals surface area contributed by atoms with Crippen molar-refractivity contribution in [2.45, 2.75) is 38.8 Å². The molecule has 2 aromatic rings. The highest BCUT2D eigenvalue weighted by molar-refractivity contribution is 5.78. The van der Waals surface area contributed by atoms with Gasteiger partial charge >= 0.3 is 6.03 Å². The molecule has 3 N–H and O–H groups in total. The van der Waals surface area contributed by atoms with Crippen LogP contribution in [0.3, 0.4) is 0 Å². The van der Waals surface area contributed by atoms with Crippen LogP contribution in [0.5, 0.6) is 0 Å². The van der Waals surface area contributed by atoms with Crippen LogP contribution < -0.4 is 10.6 Å². The van der Waals surface area contributed by atoms with E-state index in [1.807, 2.05) is 37.3 Å². The molecule has 1 saturated carbocycles. The molecule has 1 heterocycles. The first-order valence-corrected chi connectivity index (χ1v) is 7.73. The Morgan fingerprint density at radius 3 is 3.05 bits per heavy atom. The Bertz CT molecular complexity index is 634. The largest absolute Gasteiger partial charge is 0.459 e. The minimum Gasteiger partial charge on any atom is -0.459 e. The van der Waals surface area contributed by atoms with Gasteiger partial charge in [0.2, 0.25) is 0 Å². The van der Waals surface area contributed by atoms with Crippen LogP contribution in [0.15, 0.2) is 34.7 Å². The number of fused-ring (bicyclic) bond motifs is 1. The van der Waals surface area contributed by atoms with Crippen LogP contribution in [0.25, 0.3) is 11.0 Å². The summed E-state index contributed by atoms with van der Waals surface area (Å²) in [4.78, 5) is 12.0. The van der Waals surface area contributed by atoms with Crippen LogP contribution in [0, 0.1) is 5.41 Å². The van der Waals surface area contributed by atoms with Crippen molar-refractivity contribution in [2.24, 2.45) is 5.41 Å². The van der Waals surface area contributed by atoms with E-state index in [0.29, 0.717) is 6.54 Å². The smallest absolute Gasteiger partial charge is 0.315 e. The van der Waals surface area contributed by atoms with E-state index in [4.69, 9.17) is 4.42 Å². The zero-order chi connectivity index (χ0) is 15.6. The molecule has 0 spiro atoms. The van der Waals surface area contributed by atoms with Gasteiger partial charge in [-0.1, -0.05) is 31.5 Å². The lowest BCUT2D eigenvalue weighted by Gasteiger charge is -2.30. The lowest BCUT2D eigenvalue weighted by Crippen LogP contribution is -2.48. The molecule has 1 fully saturated rings. The molecule has 0 bridgehead atoms. The molecule has 0 radical (unpaired) electrons. The number of aliphatic hydroxyl groups excluding tert-OH is 1. The lowest BCUT2D eigenvalue weighted by molar-refractivity contribution is 0.121. The van der Waals surface area contributed by atoms with Gasteiger partial charge in [0.1, 0.15) is 11.3 Å². The third-order valence-electron chi connectivity index (χ3n) is 4.65. The summed E-state index contributed by atoms with van der Waals surface area (Å²) in [7, 11) is 0. The molecular weight excluding hydrogens is 280 g/mol. The van der Waals surface area contributed by atoms with Crippen LogP contribution in [-0.4, -0.2) is 23.8 Å². The third-order valence-corrected chi connectivity index (χ3v) is 4.65. The van der Waals surface area contributed by atoms with Crippen LogP contribution in [0.2, 0.25) is 0 Å². The minimum atomic E-state index is -0.216. The van der Waals surface area contributed by atoms with E-state index in [-0.39, 0.29) is 24.1 Å². The van der Waals surface area contributed by atoms with Gasteiger partial charge in [-0.2, -0.15) is 0 Å². The Morgan fingerprint density at radius 1 is 1.45 bits per heavy atom. The Hall–Kier alpha value is -2.01. The first-order chi connectivity index (χ1) is 10.6. The highest BCUT2D eigenvalue weighted by atomic mass is 16.3. The van der Waals surface area contributed by atoms with Gasteiger partial charge in [-0.05, 0) is 25.0 Å². The van der Waals surface area contributed by atoms with Crippen molar-refractivity contribution < 1.29 is 14.3 Å². The molecular formula is C17H22N2O3. The summed E-state index contributed by atoms with van der Waals surface area (Å²) in [5, 5.41) is 16.3. The number of para-hydroxylation sites is 1. The monoisotopic (exact) mass is 302 g/mol. The first-order valence-electron chi connectivity index (χ1n) is 7.73. The van der Waals surface area contributed by atoms with Gasteiger partial charge in [-0.3, -0.25) is 0 Å². The number of nitrogens with one attached hydrogen (secondary N) is 2. The number of hydrogen-bond acceptors (Lipinski definition) is 3. The molecule has 2 amide bonds. The number of aliphatic hydroxyl groups is 1. The Kier molecular flexibility index (Phi) is 4.07. The van der Waals surface area contributed by atoms with Crippen LogP contribution in [-0.2, 0) is 6.54 Å². The van der Waals surface area contributed by atoms with Crippen molar-refractivity contribution in [3.63, 3.8) is 0 Å². The Morgan fingerprint density at radius 2 is 2.27 bits per heavy atom. The van der Waals surface area contributed by atoms with E-state index in [9.17, 15) is 9.90 Å². The predicted octanol–water partition coefficient (Wildman–Crippen LogP) is 2.78. The molecule has 1 aliphatic carbocycles. The number of hydrogen-bond donors (Lipinski definition) is 3. The highest BCUT2D eigenvalue weighted by Gasteiger charge is 2.39. The third kappa shape index (κ3) is 2.95. The summed E-state index contributed by atoms with van der Waals surface area (Å²) in [6, 6.07) is 9.50. The number of benzene rings is 1. The molecule has 2 unspecified atom stereocenters. The zero-order valence-corrected chi connectivity index (χ0v) is 12.8. The maximum Gasteiger partial charge on any atom is 0.315 e. The number of rotatable bonds is 4. The SMILES string of the molecule is CC1(CO)CCCC1NC(=O)NCc1cc2ccccc2o1. The van der Waals surface area contributed by atoms with E-state index >= 15 is 0 Å². The van der Waals surface area contributed by atoms with Crippen molar-refractivity contribution in [3.05, 3.63) is 36.1 Å². The van der Waals surface area contributed by atoms with Gasteiger partial charge in [0.05, 0.1) is 13.2 Å². The quantitative estimate of drug-likeness (QED) is 0.813. The van der Waals surface area contributed by atoms with Crippen molar-refractivity contribution in [2.75, 3.05) is 6.61 Å². The first kappa shape index (κ1) is 14.9. The molecule has 5 nitrogen and oxygen atoms in total. The number of carbonyl (C=O) groups is 1. The average molecular weight is 302 g/mol. The maximum absolute atomic E-state index is 12.0. The lowest BCUT2D eigenvalue weighted by atomic mass is 9.86. The van der Waals surface area contributed by atoms with Crippen molar-refractivity contribution in [1.29, 1.82) is 0 Å². The average Bonchev–Trinajstić information content (AvgIpc) is 3.09. The van der Waals surface area contributed by atoms with E-state index < -0.39 is 0 Å². The molecule has 0 aliphatic heterocycles. The zero-order valence-electron chi connectivity index (χ0n) is 12.8. The minimum absolute atomic E-state index is 0.0215. The fourth-order valence-electron chi connectivity index (χ4n) is 3.17. The van der Waals surface area contributed by atoms with E-state index in [2.05, 4.69) is 10.6 Å². The molecule has 1 aromatic carbocycles. The molecule has 1 aliphatic rings. The molecule has 1 aromatic heterocycles. The number of furan rings is 1. The van der Waals surface area contributed by atoms with Crippen molar-refractivity contribution >= 4 is 17.0 Å². The second kappa shape index (κ2) is 6.01. The number of urea groups is 1. The van der Waals surface area contributed by atoms with Gasteiger partial charge in [-0.25, -0.2) is 4.79 Å². The molecule has 22 heavy (non-hydrogen) atoms. The molecule has 0 saturated heterocycles. The summed E-state index contributed by atoms with van der Waals surface area (Å²) in [6.45, 7) is 2.47. The summed E-state index contributed by atoms with van der Waals surface area (Å²) in [5.74, 6) is 0.729. The van der Waals surface area contributed by atoms with E-state index in [0.717, 1.165) is 36.0 Å². The summed E-state index contributed by atoms with van der Waals surface area (Å²) >= 11 is 0. The second-order valence-electron chi connectivity index (χ2n) is 6.33. The van der Waals surface area contributed by atoms with Crippen LogP contribution >= 0.6 is 0 Å². The number of carbonyl (C=O) groups excluding carboxylic acids is 1. The molecule has 5 heteroatoms. The Labute approximate surface area is 129 Å². The fourth-order valence-corrected chi connectivity index (χ4v) is 3.17. The topological polar surface area (TPSA) is 74.5 Å². The Balaban J connectivity index is 1.56. The van der Waals surface area contributed by atoms with Gasteiger partial charge in [0.15, 0.2) is 0 Å². The summed E-state index contributed by atoms with van der Waals surface area (Å²) in [5.41, 5.74) is 0.611. The number of amides is 2. The fraction of sp³-hybridized carbons (Fsp3) is 0.471. The van der Waals surface area contributed by atoms with Gasteiger partial charge in [-0.15, -0.1) is 0 Å². The molecule has 118 valence electrons. The van der Waals surface area contributed by atoms with Crippen molar-refractivity contribution in [3.8, 4) is 0 Å². The highest BCUT2D eigenvalue weighted by Crippen LogP contribution is 2.37. The molecule has 2 atom stereocenters. The molecule has 3 rings (SSSR count). The van der Waals surface area contributed by atoms with Crippen molar-refractivity contribution in [1.82, 2.24) is 10.6 Å². The van der Waals surface area contributed by atoms with Gasteiger partial charge in [0.25, 0.3) is 0 Å². The van der Waals surface area contributed by atoms with Crippen LogP contribution in [0.4, 0.5) is 4.79 Å². The van der Waals surface area contributed by atoms with E-state index in [1.54, 1.807) is 0 Å². The summed E-state index contributed by atoms with van der Waals surface area (Å²) in [6.07, 6.45) is 2.89. The normalized spacial score (nSPS) is 24.5. The van der Waals surface area contributed by atoms with Gasteiger partial charge in [0, 0.05) is 16.8 Å². The summed E-state index contributed by atoms with van der Waals surface area (Å²) < 4.78 is 5.67. The van der Waals surface area contributed by atoms with Gasteiger partial charge < -0.3 is 20.2 Å². The maximum atomic E-state index is 12.0. The predicted molar refractivity (Wildman–Crippen MR) is 84.4 cm³/mol. The second-order valence-corrected chi connectivity index (χ2v) is 6.33.